The second-order valence-electron chi connectivity index (χ2n) is 4.43. The van der Waals surface area contributed by atoms with Gasteiger partial charge in [-0.1, -0.05) is 26.8 Å². The monoisotopic (exact) mass is 199 g/mol. The molecule has 3 heteroatoms. The molecule has 0 saturated carbocycles. The lowest BCUT2D eigenvalue weighted by Gasteiger charge is -2.13. The minimum Gasteiger partial charge on any atom is -0.461 e. The highest BCUT2D eigenvalue weighted by Crippen LogP contribution is 2.17. The first-order valence-corrected chi connectivity index (χ1v) is 4.88. The Labute approximate surface area is 86.5 Å². The Bertz CT molecular complexity index is 214. The molecule has 14 heavy (non-hydrogen) atoms. The highest BCUT2D eigenvalue weighted by molar-refractivity contribution is 5.87. The Morgan fingerprint density at radius 1 is 1.43 bits per heavy atom. The van der Waals surface area contributed by atoms with Gasteiger partial charge in [0.05, 0.1) is 0 Å². The van der Waals surface area contributed by atoms with Gasteiger partial charge in [0.25, 0.3) is 0 Å². The second-order valence-corrected chi connectivity index (χ2v) is 4.43. The van der Waals surface area contributed by atoms with E-state index in [-0.39, 0.29) is 11.4 Å². The lowest BCUT2D eigenvalue weighted by molar-refractivity contribution is -0.138. The van der Waals surface area contributed by atoms with Crippen LogP contribution in [0.3, 0.4) is 0 Å². The summed E-state index contributed by atoms with van der Waals surface area (Å²) >= 11 is 0. The number of hydrogen-bond donors (Lipinski definition) is 1. The van der Waals surface area contributed by atoms with Gasteiger partial charge < -0.3 is 10.1 Å². The van der Waals surface area contributed by atoms with Gasteiger partial charge in [0.2, 0.25) is 0 Å². The van der Waals surface area contributed by atoms with E-state index in [1.807, 2.05) is 13.1 Å². The molecule has 0 unspecified atom stereocenters. The number of ether oxygens (including phenoxy) is 1. The van der Waals surface area contributed by atoms with Gasteiger partial charge in [-0.25, -0.2) is 4.79 Å². The highest BCUT2D eigenvalue weighted by Gasteiger charge is 2.11. The first-order valence-electron chi connectivity index (χ1n) is 4.88. The van der Waals surface area contributed by atoms with Crippen molar-refractivity contribution in [3.05, 3.63) is 11.6 Å². The zero-order valence-corrected chi connectivity index (χ0v) is 9.81. The normalized spacial score (nSPS) is 12.8. The third-order valence-corrected chi connectivity index (χ3v) is 1.56. The van der Waals surface area contributed by atoms with E-state index in [0.29, 0.717) is 18.7 Å². The van der Waals surface area contributed by atoms with E-state index >= 15 is 0 Å². The summed E-state index contributed by atoms with van der Waals surface area (Å²) in [5, 5.41) is 2.91. The van der Waals surface area contributed by atoms with E-state index in [4.69, 9.17) is 4.74 Å². The largest absolute Gasteiger partial charge is 0.461 e. The Morgan fingerprint density at radius 3 is 2.43 bits per heavy atom. The molecule has 0 aliphatic heterocycles. The number of rotatable bonds is 4. The first-order chi connectivity index (χ1) is 6.37. The molecule has 0 heterocycles. The van der Waals surface area contributed by atoms with Crippen LogP contribution in [-0.2, 0) is 9.53 Å². The van der Waals surface area contributed by atoms with E-state index < -0.39 is 0 Å². The van der Waals surface area contributed by atoms with Crippen LogP contribution in [0.15, 0.2) is 11.6 Å². The number of esters is 1. The van der Waals surface area contributed by atoms with Crippen molar-refractivity contribution in [2.75, 3.05) is 20.2 Å². The number of carbonyl (C=O) groups excluding carboxylic acids is 1. The summed E-state index contributed by atoms with van der Waals surface area (Å²) in [4.78, 5) is 11.4. The Balaban J connectivity index is 4.06. The van der Waals surface area contributed by atoms with Gasteiger partial charge in [-0.3, -0.25) is 0 Å². The van der Waals surface area contributed by atoms with Crippen LogP contribution in [0.4, 0.5) is 0 Å². The van der Waals surface area contributed by atoms with Crippen LogP contribution < -0.4 is 5.32 Å². The minimum absolute atomic E-state index is 0.0200. The molecule has 1 N–H and O–H groups in total. The lowest BCUT2D eigenvalue weighted by atomic mass is 9.94. The van der Waals surface area contributed by atoms with E-state index in [0.717, 1.165) is 0 Å². The van der Waals surface area contributed by atoms with Crippen LogP contribution >= 0.6 is 0 Å². The molecule has 0 saturated heterocycles. The summed E-state index contributed by atoms with van der Waals surface area (Å²) in [5.74, 6) is -0.227. The molecule has 0 rings (SSSR count). The van der Waals surface area contributed by atoms with Crippen molar-refractivity contribution in [3.63, 3.8) is 0 Å². The van der Waals surface area contributed by atoms with Gasteiger partial charge in [-0.2, -0.15) is 0 Å². The Kier molecular flexibility index (Phi) is 5.46. The van der Waals surface area contributed by atoms with E-state index in [1.165, 1.54) is 0 Å². The van der Waals surface area contributed by atoms with Crippen molar-refractivity contribution in [2.24, 2.45) is 5.41 Å². The summed E-state index contributed by atoms with van der Waals surface area (Å²) in [6, 6.07) is 0. The maximum Gasteiger partial charge on any atom is 0.333 e. The Hall–Kier alpha value is -0.830. The quantitative estimate of drug-likeness (QED) is 0.426. The van der Waals surface area contributed by atoms with Crippen LogP contribution in [0.1, 0.15) is 27.7 Å². The van der Waals surface area contributed by atoms with Crippen LogP contribution in [0.5, 0.6) is 0 Å². The highest BCUT2D eigenvalue weighted by atomic mass is 16.5. The molecule has 0 amide bonds. The van der Waals surface area contributed by atoms with Crippen LogP contribution in [0.25, 0.3) is 0 Å². The molecular formula is C11H21NO2. The zero-order valence-electron chi connectivity index (χ0n) is 9.81. The molecule has 3 nitrogen and oxygen atoms in total. The lowest BCUT2D eigenvalue weighted by Crippen LogP contribution is -2.18. The number of carbonyl (C=O) groups is 1. The van der Waals surface area contributed by atoms with Gasteiger partial charge in [0.1, 0.15) is 6.61 Å². The molecule has 0 spiro atoms. The van der Waals surface area contributed by atoms with Crippen LogP contribution in [0.2, 0.25) is 0 Å². The molecule has 0 aromatic carbocycles. The fraction of sp³-hybridized carbons (Fsp3) is 0.727. The van der Waals surface area contributed by atoms with Gasteiger partial charge in [0, 0.05) is 12.1 Å². The van der Waals surface area contributed by atoms with Crippen molar-refractivity contribution >= 4 is 5.97 Å². The van der Waals surface area contributed by atoms with Gasteiger partial charge >= 0.3 is 5.97 Å². The molecule has 0 aromatic rings. The first kappa shape index (κ1) is 13.2. The smallest absolute Gasteiger partial charge is 0.333 e. The van der Waals surface area contributed by atoms with Gasteiger partial charge in [-0.15, -0.1) is 0 Å². The van der Waals surface area contributed by atoms with E-state index in [9.17, 15) is 4.79 Å². The van der Waals surface area contributed by atoms with Crippen molar-refractivity contribution in [2.45, 2.75) is 27.7 Å². The molecule has 82 valence electrons. The summed E-state index contributed by atoms with van der Waals surface area (Å²) in [6.07, 6.45) is 1.93. The fourth-order valence-corrected chi connectivity index (χ4v) is 1.07. The number of allylic oxidation sites excluding steroid dienone is 1. The van der Waals surface area contributed by atoms with Gasteiger partial charge in [0.15, 0.2) is 0 Å². The summed E-state index contributed by atoms with van der Waals surface area (Å²) in [6.45, 7) is 9.05. The average Bonchev–Trinajstić information content (AvgIpc) is 2.01. The third kappa shape index (κ3) is 6.66. The van der Waals surface area contributed by atoms with E-state index in [2.05, 4.69) is 26.1 Å². The standard InChI is InChI=1S/C11H21NO2/c1-9(8-11(2,3)4)10(13)14-7-6-12-5/h8,12H,6-7H2,1-5H3. The molecule has 0 aliphatic rings. The van der Waals surface area contributed by atoms with Crippen LogP contribution in [0, 0.1) is 5.41 Å². The molecule has 0 radical (unpaired) electrons. The topological polar surface area (TPSA) is 38.3 Å². The maximum absolute atomic E-state index is 11.4. The predicted molar refractivity (Wildman–Crippen MR) is 58.1 cm³/mol. The van der Waals surface area contributed by atoms with Crippen LogP contribution in [-0.4, -0.2) is 26.2 Å². The summed E-state index contributed by atoms with van der Waals surface area (Å²) < 4.78 is 5.02. The average molecular weight is 199 g/mol. The molecule has 0 aromatic heterocycles. The van der Waals surface area contributed by atoms with E-state index in [1.54, 1.807) is 6.92 Å². The van der Waals surface area contributed by atoms with Gasteiger partial charge in [-0.05, 0) is 19.4 Å². The summed E-state index contributed by atoms with van der Waals surface area (Å²) in [7, 11) is 1.83. The summed E-state index contributed by atoms with van der Waals surface area (Å²) in [5.41, 5.74) is 0.695. The third-order valence-electron chi connectivity index (χ3n) is 1.56. The van der Waals surface area contributed by atoms with Crippen molar-refractivity contribution in [1.82, 2.24) is 5.32 Å². The minimum atomic E-state index is -0.227. The second kappa shape index (κ2) is 5.81. The fourth-order valence-electron chi connectivity index (χ4n) is 1.07. The molecule has 0 aliphatic carbocycles. The SMILES string of the molecule is CNCCOC(=O)C(C)=CC(C)(C)C. The molecule has 0 atom stereocenters. The number of nitrogens with one attached hydrogen (secondary N) is 1. The number of likely N-dealkylation sites (N-methyl/N-ethyl adjacent to an activating group) is 1. The van der Waals surface area contributed by atoms with Crippen molar-refractivity contribution in [1.29, 1.82) is 0 Å². The predicted octanol–water partition coefficient (Wildman–Crippen LogP) is 1.74. The Morgan fingerprint density at radius 2 is 2.00 bits per heavy atom. The van der Waals surface area contributed by atoms with Crippen molar-refractivity contribution in [3.8, 4) is 0 Å². The van der Waals surface area contributed by atoms with Crippen molar-refractivity contribution < 1.29 is 9.53 Å². The molecular weight excluding hydrogens is 178 g/mol. The number of hydrogen-bond acceptors (Lipinski definition) is 3. The molecule has 0 fully saturated rings. The maximum atomic E-state index is 11.4. The molecule has 0 bridgehead atoms. The zero-order chi connectivity index (χ0) is 11.2.